The first-order chi connectivity index (χ1) is 7.81. The summed E-state index contributed by atoms with van der Waals surface area (Å²) in [6.45, 7) is 3.05. The van der Waals surface area contributed by atoms with Gasteiger partial charge in [0.15, 0.2) is 5.82 Å². The Bertz CT molecular complexity index is 339. The molecule has 0 aliphatic heterocycles. The lowest BCUT2D eigenvalue weighted by Crippen LogP contribution is -2.41. The lowest BCUT2D eigenvalue weighted by Gasteiger charge is -2.38. The Morgan fingerprint density at radius 1 is 1.50 bits per heavy atom. The Hall–Kier alpha value is -0.830. The second-order valence-corrected chi connectivity index (χ2v) is 4.79. The predicted octanol–water partition coefficient (Wildman–Crippen LogP) is 2.77. The van der Waals surface area contributed by atoms with E-state index in [1.807, 2.05) is 0 Å². The van der Waals surface area contributed by atoms with E-state index in [1.54, 1.807) is 6.20 Å². The molecule has 1 aromatic rings. The Labute approximate surface area is 102 Å². The van der Waals surface area contributed by atoms with Crippen molar-refractivity contribution >= 4 is 17.4 Å². The maximum atomic E-state index is 5.77. The van der Waals surface area contributed by atoms with Crippen molar-refractivity contribution in [3.63, 3.8) is 0 Å². The van der Waals surface area contributed by atoms with Gasteiger partial charge in [-0.15, -0.1) is 16.7 Å². The normalized spacial score (nSPS) is 15.9. The standard InChI is InChI=1S/C12H18ClN3/c1-10-8-12(15-14-9-10)16(7-3-6-13)11-4-2-5-11/h8-9,11H,2-7H2,1H3. The molecule has 4 heteroatoms. The number of nitrogens with zero attached hydrogens (tertiary/aromatic N) is 3. The molecular formula is C12H18ClN3. The molecule has 1 saturated carbocycles. The third kappa shape index (κ3) is 2.64. The van der Waals surface area contributed by atoms with E-state index in [4.69, 9.17) is 11.6 Å². The molecule has 0 atom stereocenters. The van der Waals surface area contributed by atoms with E-state index < -0.39 is 0 Å². The van der Waals surface area contributed by atoms with Crippen LogP contribution in [0.2, 0.25) is 0 Å². The topological polar surface area (TPSA) is 29.0 Å². The van der Waals surface area contributed by atoms with Gasteiger partial charge in [-0.3, -0.25) is 0 Å². The number of hydrogen-bond acceptors (Lipinski definition) is 3. The molecule has 0 unspecified atom stereocenters. The summed E-state index contributed by atoms with van der Waals surface area (Å²) >= 11 is 5.77. The summed E-state index contributed by atoms with van der Waals surface area (Å²) in [4.78, 5) is 2.37. The highest BCUT2D eigenvalue weighted by molar-refractivity contribution is 6.17. The molecule has 0 N–H and O–H groups in total. The van der Waals surface area contributed by atoms with Crippen LogP contribution in [0, 0.1) is 6.92 Å². The van der Waals surface area contributed by atoms with Crippen LogP contribution in [0.3, 0.4) is 0 Å². The summed E-state index contributed by atoms with van der Waals surface area (Å²) in [6, 6.07) is 2.76. The van der Waals surface area contributed by atoms with Gasteiger partial charge in [0.1, 0.15) is 0 Å². The zero-order valence-corrected chi connectivity index (χ0v) is 10.5. The molecule has 1 aliphatic carbocycles. The van der Waals surface area contributed by atoms with Crippen molar-refractivity contribution in [3.05, 3.63) is 17.8 Å². The van der Waals surface area contributed by atoms with Crippen molar-refractivity contribution < 1.29 is 0 Å². The summed E-state index contributed by atoms with van der Waals surface area (Å²) in [5.41, 5.74) is 1.17. The smallest absolute Gasteiger partial charge is 0.151 e. The summed E-state index contributed by atoms with van der Waals surface area (Å²) < 4.78 is 0. The monoisotopic (exact) mass is 239 g/mol. The van der Waals surface area contributed by atoms with E-state index in [1.165, 1.54) is 24.8 Å². The van der Waals surface area contributed by atoms with Gasteiger partial charge >= 0.3 is 0 Å². The van der Waals surface area contributed by atoms with E-state index in [0.29, 0.717) is 11.9 Å². The summed E-state index contributed by atoms with van der Waals surface area (Å²) in [7, 11) is 0. The number of anilines is 1. The van der Waals surface area contributed by atoms with Crippen LogP contribution in [0.5, 0.6) is 0 Å². The number of aromatic nitrogens is 2. The lowest BCUT2D eigenvalue weighted by atomic mass is 9.91. The van der Waals surface area contributed by atoms with Crippen LogP contribution in [-0.2, 0) is 0 Å². The van der Waals surface area contributed by atoms with Gasteiger partial charge in [-0.1, -0.05) is 0 Å². The van der Waals surface area contributed by atoms with Crippen LogP contribution in [0.25, 0.3) is 0 Å². The molecule has 1 aliphatic rings. The fourth-order valence-corrected chi connectivity index (χ4v) is 2.12. The van der Waals surface area contributed by atoms with Gasteiger partial charge in [-0.05, 0) is 44.2 Å². The summed E-state index contributed by atoms with van der Waals surface area (Å²) in [6.07, 6.45) is 6.69. The minimum Gasteiger partial charge on any atom is -0.352 e. The van der Waals surface area contributed by atoms with Gasteiger partial charge in [0.25, 0.3) is 0 Å². The van der Waals surface area contributed by atoms with E-state index in [0.717, 1.165) is 18.8 Å². The molecule has 0 radical (unpaired) electrons. The van der Waals surface area contributed by atoms with Crippen molar-refractivity contribution in [2.24, 2.45) is 0 Å². The lowest BCUT2D eigenvalue weighted by molar-refractivity contribution is 0.383. The second kappa shape index (κ2) is 5.48. The molecule has 0 saturated heterocycles. The van der Waals surface area contributed by atoms with Crippen LogP contribution in [-0.4, -0.2) is 28.7 Å². The molecule has 1 heterocycles. The number of rotatable bonds is 5. The van der Waals surface area contributed by atoms with Crippen molar-refractivity contribution in [1.82, 2.24) is 10.2 Å². The molecule has 16 heavy (non-hydrogen) atoms. The number of alkyl halides is 1. The minimum atomic E-state index is 0.652. The Balaban J connectivity index is 2.10. The first-order valence-corrected chi connectivity index (χ1v) is 6.46. The van der Waals surface area contributed by atoms with Crippen molar-refractivity contribution in [3.8, 4) is 0 Å². The fraction of sp³-hybridized carbons (Fsp3) is 0.667. The van der Waals surface area contributed by atoms with E-state index in [9.17, 15) is 0 Å². The van der Waals surface area contributed by atoms with Crippen molar-refractivity contribution in [2.45, 2.75) is 38.6 Å². The average Bonchev–Trinajstić information content (AvgIpc) is 2.21. The molecule has 0 amide bonds. The number of halogens is 1. The van der Waals surface area contributed by atoms with Crippen LogP contribution in [0.4, 0.5) is 5.82 Å². The highest BCUT2D eigenvalue weighted by Gasteiger charge is 2.25. The van der Waals surface area contributed by atoms with Crippen LogP contribution >= 0.6 is 11.6 Å². The van der Waals surface area contributed by atoms with E-state index in [-0.39, 0.29) is 0 Å². The molecule has 0 aromatic carbocycles. The van der Waals surface area contributed by atoms with Gasteiger partial charge in [-0.2, -0.15) is 5.10 Å². The average molecular weight is 240 g/mol. The number of hydrogen-bond donors (Lipinski definition) is 0. The minimum absolute atomic E-state index is 0.652. The van der Waals surface area contributed by atoms with E-state index in [2.05, 4.69) is 28.1 Å². The zero-order chi connectivity index (χ0) is 11.4. The van der Waals surface area contributed by atoms with Gasteiger partial charge < -0.3 is 4.90 Å². The maximum Gasteiger partial charge on any atom is 0.151 e. The van der Waals surface area contributed by atoms with Crippen molar-refractivity contribution in [1.29, 1.82) is 0 Å². The van der Waals surface area contributed by atoms with Crippen LogP contribution in [0.1, 0.15) is 31.2 Å². The Morgan fingerprint density at radius 2 is 2.31 bits per heavy atom. The third-order valence-corrected chi connectivity index (χ3v) is 3.39. The molecular weight excluding hydrogens is 222 g/mol. The predicted molar refractivity (Wildman–Crippen MR) is 67.1 cm³/mol. The van der Waals surface area contributed by atoms with Crippen molar-refractivity contribution in [2.75, 3.05) is 17.3 Å². The molecule has 0 bridgehead atoms. The summed E-state index contributed by atoms with van der Waals surface area (Å²) in [5, 5.41) is 8.26. The SMILES string of the molecule is Cc1cnnc(N(CCCCl)C2CCC2)c1. The molecule has 3 nitrogen and oxygen atoms in total. The molecule has 2 rings (SSSR count). The van der Waals surface area contributed by atoms with E-state index >= 15 is 0 Å². The molecule has 88 valence electrons. The third-order valence-electron chi connectivity index (χ3n) is 3.12. The van der Waals surface area contributed by atoms with Gasteiger partial charge in [0.2, 0.25) is 0 Å². The quantitative estimate of drug-likeness (QED) is 0.740. The van der Waals surface area contributed by atoms with Gasteiger partial charge in [0.05, 0.1) is 6.20 Å². The Kier molecular flexibility index (Phi) is 3.99. The first-order valence-electron chi connectivity index (χ1n) is 5.93. The van der Waals surface area contributed by atoms with Gasteiger partial charge in [-0.25, -0.2) is 0 Å². The first kappa shape index (κ1) is 11.6. The zero-order valence-electron chi connectivity index (χ0n) is 9.69. The largest absolute Gasteiger partial charge is 0.352 e. The Morgan fingerprint density at radius 3 is 2.88 bits per heavy atom. The highest BCUT2D eigenvalue weighted by Crippen LogP contribution is 2.28. The summed E-state index contributed by atoms with van der Waals surface area (Å²) in [5.74, 6) is 1.72. The van der Waals surface area contributed by atoms with Crippen LogP contribution in [0.15, 0.2) is 12.3 Å². The second-order valence-electron chi connectivity index (χ2n) is 4.41. The number of aryl methyl sites for hydroxylation is 1. The highest BCUT2D eigenvalue weighted by atomic mass is 35.5. The van der Waals surface area contributed by atoms with Gasteiger partial charge in [0, 0.05) is 18.5 Å². The maximum absolute atomic E-state index is 5.77. The fourth-order valence-electron chi connectivity index (χ4n) is 2.00. The molecule has 1 aromatic heterocycles. The molecule has 0 spiro atoms. The van der Waals surface area contributed by atoms with Crippen LogP contribution < -0.4 is 4.90 Å². The molecule has 1 fully saturated rings.